The lowest BCUT2D eigenvalue weighted by Crippen LogP contribution is -2.82. The van der Waals surface area contributed by atoms with E-state index in [2.05, 4.69) is 5.32 Å². The molecule has 0 saturated carbocycles. The Hall–Kier alpha value is -3.98. The third-order valence-electron chi connectivity index (χ3n) is 6.83. The molecular weight excluding hydrogens is 520 g/mol. The summed E-state index contributed by atoms with van der Waals surface area (Å²) in [6.45, 7) is 1.86. The summed E-state index contributed by atoms with van der Waals surface area (Å²) in [5.74, 6) is -1.98. The van der Waals surface area contributed by atoms with Gasteiger partial charge in [-0.05, 0) is 30.2 Å². The number of halogens is 1. The maximum Gasteiger partial charge on any atom is 0.356 e. The van der Waals surface area contributed by atoms with E-state index < -0.39 is 35.8 Å². The number of rotatable bonds is 8. The average Bonchev–Trinajstić information content (AvgIpc) is 2.98. The predicted molar refractivity (Wildman–Crippen MR) is 144 cm³/mol. The van der Waals surface area contributed by atoms with Crippen LogP contribution in [0.15, 0.2) is 96.2 Å². The smallest absolute Gasteiger partial charge is 0.356 e. The minimum atomic E-state index is -1.82. The number of carbonyl (C=O) groups excluding carboxylic acids is 3. The number of nitrogens with one attached hydrogen (secondary N) is 1. The maximum atomic E-state index is 13.7. The lowest BCUT2D eigenvalue weighted by Gasteiger charge is -2.55. The van der Waals surface area contributed by atoms with E-state index in [1.54, 1.807) is 24.3 Å². The molecule has 0 bridgehead atoms. The van der Waals surface area contributed by atoms with Crippen molar-refractivity contribution < 1.29 is 28.6 Å². The van der Waals surface area contributed by atoms with Gasteiger partial charge in [0.25, 0.3) is 17.5 Å². The van der Waals surface area contributed by atoms with Crippen molar-refractivity contribution in [1.29, 1.82) is 0 Å². The summed E-state index contributed by atoms with van der Waals surface area (Å²) in [4.78, 5) is 41.5. The van der Waals surface area contributed by atoms with Crippen LogP contribution < -0.4 is 5.32 Å². The normalized spacial score (nSPS) is 20.4. The number of benzene rings is 3. The fourth-order valence-corrected chi connectivity index (χ4v) is 4.93. The molecule has 0 aromatic heterocycles. The van der Waals surface area contributed by atoms with E-state index in [0.717, 1.165) is 21.6 Å². The molecule has 0 radical (unpaired) electrons. The highest BCUT2D eigenvalue weighted by atomic mass is 35.5. The Balaban J connectivity index is 1.43. The molecule has 2 aliphatic rings. The van der Waals surface area contributed by atoms with Gasteiger partial charge in [-0.15, -0.1) is 11.6 Å². The van der Waals surface area contributed by atoms with Crippen molar-refractivity contribution in [3.05, 3.63) is 118 Å². The van der Waals surface area contributed by atoms with Gasteiger partial charge < -0.3 is 19.5 Å². The molecular formula is C30H27ClN2O6. The van der Waals surface area contributed by atoms with Gasteiger partial charge in [-0.2, -0.15) is 0 Å². The van der Waals surface area contributed by atoms with Crippen LogP contribution in [0.2, 0.25) is 0 Å². The highest BCUT2D eigenvalue weighted by Gasteiger charge is 2.67. The SMILES string of the molecule is CO[C@]1(NC(=O)c2ccc(C)cc2)C(=O)N2C(C(=O)OC(c3ccccc3)c3ccccc3)=C(CCl)CO[C@@H]21. The van der Waals surface area contributed by atoms with Crippen LogP contribution in [0.3, 0.4) is 0 Å². The number of hydrogen-bond acceptors (Lipinski definition) is 6. The first-order valence-electron chi connectivity index (χ1n) is 12.4. The molecule has 3 aromatic rings. The second kappa shape index (κ2) is 11.0. The number of fused-ring (bicyclic) bond motifs is 1. The van der Waals surface area contributed by atoms with Crippen molar-refractivity contribution in [1.82, 2.24) is 10.2 Å². The molecule has 200 valence electrons. The molecule has 2 heterocycles. The molecule has 3 aromatic carbocycles. The van der Waals surface area contributed by atoms with Crippen LogP contribution in [0.5, 0.6) is 0 Å². The van der Waals surface area contributed by atoms with Gasteiger partial charge in [0.2, 0.25) is 0 Å². The Kier molecular flexibility index (Phi) is 7.52. The summed E-state index contributed by atoms with van der Waals surface area (Å²) in [6, 6.07) is 25.5. The van der Waals surface area contributed by atoms with Crippen LogP contribution >= 0.6 is 11.6 Å². The highest BCUT2D eigenvalue weighted by Crippen LogP contribution is 2.42. The largest absolute Gasteiger partial charge is 0.448 e. The average molecular weight is 547 g/mol. The van der Waals surface area contributed by atoms with Crippen LogP contribution in [0.1, 0.15) is 33.2 Å². The molecule has 1 fully saturated rings. The van der Waals surface area contributed by atoms with Crippen LogP contribution in [0, 0.1) is 6.92 Å². The lowest BCUT2D eigenvalue weighted by molar-refractivity contribution is -0.256. The number of β-lactam (4-membered cyclic amide) rings is 1. The number of aryl methyl sites for hydroxylation is 1. The monoisotopic (exact) mass is 546 g/mol. The summed E-state index contributed by atoms with van der Waals surface area (Å²) in [6.07, 6.45) is -1.82. The zero-order chi connectivity index (χ0) is 27.6. The van der Waals surface area contributed by atoms with Crippen LogP contribution in [-0.4, -0.2) is 54.2 Å². The summed E-state index contributed by atoms with van der Waals surface area (Å²) in [5.41, 5.74) is 1.43. The lowest BCUT2D eigenvalue weighted by atomic mass is 9.93. The molecule has 2 aliphatic heterocycles. The molecule has 0 aliphatic carbocycles. The number of amides is 2. The Morgan fingerprint density at radius 1 is 1.03 bits per heavy atom. The Morgan fingerprint density at radius 2 is 1.62 bits per heavy atom. The number of carbonyl (C=O) groups is 3. The van der Waals surface area contributed by atoms with Gasteiger partial charge in [0, 0.05) is 24.1 Å². The number of hydrogen-bond donors (Lipinski definition) is 1. The third kappa shape index (κ3) is 4.83. The second-order valence-electron chi connectivity index (χ2n) is 9.29. The van der Waals surface area contributed by atoms with E-state index in [9.17, 15) is 14.4 Å². The molecule has 0 spiro atoms. The van der Waals surface area contributed by atoms with E-state index in [0.29, 0.717) is 11.1 Å². The van der Waals surface area contributed by atoms with Crippen molar-refractivity contribution in [2.75, 3.05) is 19.6 Å². The van der Waals surface area contributed by atoms with Crippen molar-refractivity contribution >= 4 is 29.4 Å². The topological polar surface area (TPSA) is 94.2 Å². The third-order valence-corrected chi connectivity index (χ3v) is 7.15. The van der Waals surface area contributed by atoms with Gasteiger partial charge in [0.15, 0.2) is 12.3 Å². The minimum absolute atomic E-state index is 0.0135. The van der Waals surface area contributed by atoms with Gasteiger partial charge in [0.05, 0.1) is 6.61 Å². The first-order chi connectivity index (χ1) is 18.9. The molecule has 0 unspecified atom stereocenters. The van der Waals surface area contributed by atoms with Gasteiger partial charge in [-0.25, -0.2) is 4.79 Å². The summed E-state index contributed by atoms with van der Waals surface area (Å²) >= 11 is 6.17. The summed E-state index contributed by atoms with van der Waals surface area (Å²) in [5, 5.41) is 2.66. The molecule has 1 saturated heterocycles. The van der Waals surface area contributed by atoms with Crippen molar-refractivity contribution in [3.8, 4) is 0 Å². The fraction of sp³-hybridized carbons (Fsp3) is 0.233. The van der Waals surface area contributed by atoms with E-state index in [1.807, 2.05) is 67.6 Å². The van der Waals surface area contributed by atoms with Gasteiger partial charge in [-0.3, -0.25) is 14.5 Å². The molecule has 1 N–H and O–H groups in total. The maximum absolute atomic E-state index is 13.7. The standard InChI is InChI=1S/C30H27ClN2O6/c1-19-13-15-22(16-14-19)26(34)32-30(37-2)28(36)33-24(23(17-31)18-38-29(30)33)27(35)39-25(20-9-5-3-6-10-20)21-11-7-4-8-12-21/h3-16,25,29H,17-18H2,1-2H3,(H,32,34)/t29-,30-/m1/s1. The molecule has 2 amide bonds. The van der Waals surface area contributed by atoms with E-state index >= 15 is 0 Å². The van der Waals surface area contributed by atoms with Crippen molar-refractivity contribution in [3.63, 3.8) is 0 Å². The second-order valence-corrected chi connectivity index (χ2v) is 9.56. The summed E-state index contributed by atoms with van der Waals surface area (Å²) in [7, 11) is 1.30. The van der Waals surface area contributed by atoms with Crippen molar-refractivity contribution in [2.45, 2.75) is 25.0 Å². The van der Waals surface area contributed by atoms with Gasteiger partial charge >= 0.3 is 5.97 Å². The van der Waals surface area contributed by atoms with E-state index in [-0.39, 0.29) is 18.2 Å². The molecule has 2 atom stereocenters. The molecule has 8 nitrogen and oxygen atoms in total. The molecule has 5 rings (SSSR count). The quantitative estimate of drug-likeness (QED) is 0.198. The zero-order valence-electron chi connectivity index (χ0n) is 21.4. The molecule has 39 heavy (non-hydrogen) atoms. The first-order valence-corrected chi connectivity index (χ1v) is 12.9. The van der Waals surface area contributed by atoms with Crippen LogP contribution in [0.4, 0.5) is 0 Å². The van der Waals surface area contributed by atoms with E-state index in [4.69, 9.17) is 25.8 Å². The molecule has 9 heteroatoms. The predicted octanol–water partition coefficient (Wildman–Crippen LogP) is 4.09. The summed E-state index contributed by atoms with van der Waals surface area (Å²) < 4.78 is 17.4. The van der Waals surface area contributed by atoms with E-state index in [1.165, 1.54) is 7.11 Å². The first kappa shape index (κ1) is 26.6. The number of alkyl halides is 1. The fourth-order valence-electron chi connectivity index (χ4n) is 4.73. The minimum Gasteiger partial charge on any atom is -0.448 e. The number of esters is 1. The van der Waals surface area contributed by atoms with Crippen molar-refractivity contribution in [2.24, 2.45) is 0 Å². The van der Waals surface area contributed by atoms with Gasteiger partial charge in [0.1, 0.15) is 5.70 Å². The Labute approximate surface area is 231 Å². The van der Waals surface area contributed by atoms with Crippen LogP contribution in [0.25, 0.3) is 0 Å². The van der Waals surface area contributed by atoms with Gasteiger partial charge in [-0.1, -0.05) is 78.4 Å². The highest BCUT2D eigenvalue weighted by molar-refractivity contribution is 6.20. The zero-order valence-corrected chi connectivity index (χ0v) is 22.2. The Morgan fingerprint density at radius 3 is 2.15 bits per heavy atom. The van der Waals surface area contributed by atoms with Crippen LogP contribution in [-0.2, 0) is 23.8 Å². The number of ether oxygens (including phenoxy) is 3. The number of methoxy groups -OCH3 is 1. The number of nitrogens with zero attached hydrogens (tertiary/aromatic N) is 1. The Bertz CT molecular complexity index is 1370.